The molecule has 0 spiro atoms. The molecule has 8 nitrogen and oxygen atoms in total. The Labute approximate surface area is 218 Å². The fourth-order valence-electron chi connectivity index (χ4n) is 4.02. The molecule has 0 bridgehead atoms. The van der Waals surface area contributed by atoms with Crippen molar-refractivity contribution in [3.05, 3.63) is 89.4 Å². The van der Waals surface area contributed by atoms with E-state index in [0.717, 1.165) is 27.9 Å². The number of likely N-dealkylation sites (N-methyl/N-ethyl adjacent to an activating group) is 1. The van der Waals surface area contributed by atoms with Crippen molar-refractivity contribution >= 4 is 51.4 Å². The molecule has 1 aliphatic heterocycles. The van der Waals surface area contributed by atoms with E-state index >= 15 is 0 Å². The van der Waals surface area contributed by atoms with Gasteiger partial charge in [-0.2, -0.15) is 0 Å². The fraction of sp³-hybridized carbons (Fsp3) is 0.179. The number of hydrogen-bond acceptors (Lipinski definition) is 6. The first-order chi connectivity index (χ1) is 18.0. The van der Waals surface area contributed by atoms with Crippen LogP contribution in [0.5, 0.6) is 5.75 Å². The number of carbonyl (C=O) groups is 2. The number of thioether (sulfide) groups is 1. The number of carbonyl (C=O) groups excluding carboxylic acids is 2. The number of aliphatic imine (C=N–C) groups is 1. The van der Waals surface area contributed by atoms with Crippen molar-refractivity contribution in [1.29, 1.82) is 0 Å². The minimum absolute atomic E-state index is 0.122. The van der Waals surface area contributed by atoms with Gasteiger partial charge in [0, 0.05) is 29.7 Å². The summed E-state index contributed by atoms with van der Waals surface area (Å²) in [5.74, 6) is 1.22. The second-order valence-electron chi connectivity index (χ2n) is 8.38. The van der Waals surface area contributed by atoms with Crippen LogP contribution in [0.1, 0.15) is 18.2 Å². The lowest BCUT2D eigenvalue weighted by Crippen LogP contribution is -2.26. The van der Waals surface area contributed by atoms with Gasteiger partial charge in [-0.15, -0.1) is 0 Å². The number of nitrogens with zero attached hydrogens (tertiary/aromatic N) is 3. The number of furan rings is 1. The maximum atomic E-state index is 13.0. The largest absolute Gasteiger partial charge is 0.494 e. The third kappa shape index (κ3) is 5.46. The highest BCUT2D eigenvalue weighted by Crippen LogP contribution is 2.35. The Morgan fingerprint density at radius 2 is 1.95 bits per heavy atom. The van der Waals surface area contributed by atoms with Gasteiger partial charge in [-0.3, -0.25) is 14.5 Å². The quantitative estimate of drug-likeness (QED) is 0.327. The van der Waals surface area contributed by atoms with Gasteiger partial charge in [-0.05, 0) is 67.2 Å². The summed E-state index contributed by atoms with van der Waals surface area (Å²) in [6.07, 6.45) is 5.35. The summed E-state index contributed by atoms with van der Waals surface area (Å²) in [6, 6.07) is 18.9. The molecule has 1 saturated heterocycles. The van der Waals surface area contributed by atoms with E-state index in [4.69, 9.17) is 9.15 Å². The lowest BCUT2D eigenvalue weighted by atomic mass is 10.1. The molecule has 0 atom stereocenters. The minimum atomic E-state index is -0.132. The van der Waals surface area contributed by atoms with Crippen LogP contribution in [0.2, 0.25) is 0 Å². The molecule has 0 radical (unpaired) electrons. The van der Waals surface area contributed by atoms with Crippen LogP contribution in [-0.4, -0.2) is 40.1 Å². The van der Waals surface area contributed by atoms with Gasteiger partial charge >= 0.3 is 0 Å². The predicted octanol–water partition coefficient (Wildman–Crippen LogP) is 5.18. The molecule has 1 N–H and O–H groups in total. The molecule has 3 heterocycles. The molecule has 4 aromatic rings. The topological polar surface area (TPSA) is 89.1 Å². The summed E-state index contributed by atoms with van der Waals surface area (Å²) in [5, 5.41) is 4.43. The molecule has 9 heteroatoms. The van der Waals surface area contributed by atoms with Gasteiger partial charge in [0.1, 0.15) is 18.1 Å². The van der Waals surface area contributed by atoms with E-state index < -0.39 is 0 Å². The second kappa shape index (κ2) is 10.8. The number of rotatable bonds is 8. The zero-order valence-electron chi connectivity index (χ0n) is 20.5. The van der Waals surface area contributed by atoms with E-state index in [9.17, 15) is 9.59 Å². The van der Waals surface area contributed by atoms with Crippen LogP contribution in [0.25, 0.3) is 17.0 Å². The first kappa shape index (κ1) is 24.5. The number of amidine groups is 1. The molecule has 0 unspecified atom stereocenters. The normalized spacial score (nSPS) is 15.7. The Bertz CT molecular complexity index is 1490. The van der Waals surface area contributed by atoms with Crippen molar-refractivity contribution in [2.75, 3.05) is 13.7 Å². The number of amides is 2. The zero-order valence-corrected chi connectivity index (χ0v) is 21.3. The molecule has 2 amide bonds. The predicted molar refractivity (Wildman–Crippen MR) is 146 cm³/mol. The number of nitrogens with one attached hydrogen (secondary N) is 1. The van der Waals surface area contributed by atoms with Crippen molar-refractivity contribution in [2.45, 2.75) is 20.0 Å². The Kier molecular flexibility index (Phi) is 7.14. The van der Waals surface area contributed by atoms with Crippen molar-refractivity contribution in [2.24, 2.45) is 4.99 Å². The Hall–Kier alpha value is -4.24. The summed E-state index contributed by atoms with van der Waals surface area (Å²) in [4.78, 5) is 32.4. The fourth-order valence-corrected chi connectivity index (χ4v) is 5.00. The molecule has 188 valence electrons. The first-order valence-corrected chi connectivity index (χ1v) is 12.7. The Morgan fingerprint density at radius 1 is 1.14 bits per heavy atom. The number of hydrogen-bond donors (Lipinski definition) is 1. The lowest BCUT2D eigenvalue weighted by molar-refractivity contribution is -0.122. The summed E-state index contributed by atoms with van der Waals surface area (Å²) in [6.45, 7) is 3.01. The van der Waals surface area contributed by atoms with Gasteiger partial charge in [-0.25, -0.2) is 4.99 Å². The second-order valence-corrected chi connectivity index (χ2v) is 9.39. The molecule has 2 aromatic carbocycles. The van der Waals surface area contributed by atoms with E-state index in [2.05, 4.69) is 10.3 Å². The van der Waals surface area contributed by atoms with Crippen LogP contribution < -0.4 is 10.1 Å². The van der Waals surface area contributed by atoms with Crippen molar-refractivity contribution < 1.29 is 18.7 Å². The molecule has 37 heavy (non-hydrogen) atoms. The van der Waals surface area contributed by atoms with Crippen LogP contribution in [-0.2, 0) is 22.7 Å². The average molecular weight is 515 g/mol. The molecule has 2 aromatic heterocycles. The number of aromatic nitrogens is 1. The first-order valence-electron chi connectivity index (χ1n) is 11.9. The minimum Gasteiger partial charge on any atom is -0.494 e. The molecular weight excluding hydrogens is 488 g/mol. The van der Waals surface area contributed by atoms with Crippen LogP contribution in [0, 0.1) is 0 Å². The molecule has 5 rings (SSSR count). The third-order valence-electron chi connectivity index (χ3n) is 5.84. The molecular formula is C28H26N4O4S. The van der Waals surface area contributed by atoms with E-state index in [-0.39, 0.29) is 18.4 Å². The average Bonchev–Trinajstić information content (AvgIpc) is 3.61. The van der Waals surface area contributed by atoms with E-state index in [0.29, 0.717) is 29.0 Å². The summed E-state index contributed by atoms with van der Waals surface area (Å²) in [5.41, 5.74) is 2.51. The maximum Gasteiger partial charge on any atom is 0.266 e. The van der Waals surface area contributed by atoms with Crippen molar-refractivity contribution in [3.63, 3.8) is 0 Å². The molecule has 1 fully saturated rings. The summed E-state index contributed by atoms with van der Waals surface area (Å²) >= 11 is 1.33. The monoisotopic (exact) mass is 514 g/mol. The van der Waals surface area contributed by atoms with Gasteiger partial charge in [0.25, 0.3) is 5.91 Å². The van der Waals surface area contributed by atoms with Crippen LogP contribution in [0.15, 0.2) is 87.4 Å². The van der Waals surface area contributed by atoms with Crippen LogP contribution >= 0.6 is 11.8 Å². The van der Waals surface area contributed by atoms with Gasteiger partial charge in [0.15, 0.2) is 5.17 Å². The van der Waals surface area contributed by atoms with Crippen molar-refractivity contribution in [1.82, 2.24) is 14.8 Å². The highest BCUT2D eigenvalue weighted by Gasteiger charge is 2.30. The summed E-state index contributed by atoms with van der Waals surface area (Å²) < 4.78 is 12.7. The number of benzene rings is 2. The smallest absolute Gasteiger partial charge is 0.266 e. The van der Waals surface area contributed by atoms with Gasteiger partial charge in [0.2, 0.25) is 5.91 Å². The molecule has 1 aliphatic rings. The van der Waals surface area contributed by atoms with E-state index in [1.165, 1.54) is 11.8 Å². The van der Waals surface area contributed by atoms with Gasteiger partial charge in [0.05, 0.1) is 30.0 Å². The SMILES string of the molecule is CCOc1ccc(N=C2SC(=Cc3cn(CC(=O)NCc4ccco4)c4ccccc34)C(=O)N2C)cc1. The van der Waals surface area contributed by atoms with Crippen LogP contribution in [0.3, 0.4) is 0 Å². The summed E-state index contributed by atoms with van der Waals surface area (Å²) in [7, 11) is 1.72. The van der Waals surface area contributed by atoms with Gasteiger partial charge < -0.3 is 19.0 Å². The van der Waals surface area contributed by atoms with E-state index in [1.807, 2.05) is 78.4 Å². The third-order valence-corrected chi connectivity index (χ3v) is 6.90. The number of ether oxygens (including phenoxy) is 1. The Balaban J connectivity index is 1.37. The van der Waals surface area contributed by atoms with Crippen LogP contribution in [0.4, 0.5) is 5.69 Å². The van der Waals surface area contributed by atoms with Crippen molar-refractivity contribution in [3.8, 4) is 5.75 Å². The maximum absolute atomic E-state index is 13.0. The number of fused-ring (bicyclic) bond motifs is 1. The Morgan fingerprint density at radius 3 is 2.70 bits per heavy atom. The lowest BCUT2D eigenvalue weighted by Gasteiger charge is -2.07. The highest BCUT2D eigenvalue weighted by atomic mass is 32.2. The zero-order chi connectivity index (χ0) is 25.8. The van der Waals surface area contributed by atoms with Gasteiger partial charge in [-0.1, -0.05) is 18.2 Å². The number of para-hydroxylation sites is 1. The molecule has 0 saturated carbocycles. The highest BCUT2D eigenvalue weighted by molar-refractivity contribution is 8.18. The molecule has 0 aliphatic carbocycles. The standard InChI is InChI=1S/C28H26N4O4S/c1-3-35-21-12-10-20(11-13-21)30-28-31(2)27(34)25(37-28)15-19-17-32(24-9-5-4-8-23(19)24)18-26(33)29-16-22-7-6-14-36-22/h4-15,17H,3,16,18H2,1-2H3,(H,29,33). The van der Waals surface area contributed by atoms with E-state index in [1.54, 1.807) is 24.3 Å².